The highest BCUT2D eigenvalue weighted by atomic mass is 35.5. The molecule has 1 saturated heterocycles. The van der Waals surface area contributed by atoms with Crippen molar-refractivity contribution >= 4 is 11.6 Å². The minimum absolute atomic E-state index is 0.385. The summed E-state index contributed by atoms with van der Waals surface area (Å²) in [7, 11) is 3.96. The number of rotatable bonds is 5. The highest BCUT2D eigenvalue weighted by Crippen LogP contribution is 2.23. The summed E-state index contributed by atoms with van der Waals surface area (Å²) in [4.78, 5) is 0. The lowest BCUT2D eigenvalue weighted by Gasteiger charge is -2.27. The van der Waals surface area contributed by atoms with E-state index >= 15 is 0 Å². The van der Waals surface area contributed by atoms with Crippen LogP contribution in [0.2, 0.25) is 5.02 Å². The van der Waals surface area contributed by atoms with Gasteiger partial charge in [0.05, 0.1) is 22.5 Å². The van der Waals surface area contributed by atoms with Gasteiger partial charge in [0.1, 0.15) is 0 Å². The minimum Gasteiger partial charge on any atom is -0.378 e. The third-order valence-electron chi connectivity index (χ3n) is 3.93. The van der Waals surface area contributed by atoms with Crippen molar-refractivity contribution in [3.05, 3.63) is 16.4 Å². The smallest absolute Gasteiger partial charge is 0.0847 e. The molecule has 1 aliphatic rings. The molecule has 0 saturated carbocycles. The number of likely N-dealkylation sites (N-methyl/N-ethyl adjacent to an activating group) is 1. The van der Waals surface area contributed by atoms with Gasteiger partial charge in [0.15, 0.2) is 0 Å². The molecule has 2 rings (SSSR count). The van der Waals surface area contributed by atoms with Crippen LogP contribution in [0.1, 0.15) is 37.1 Å². The first kappa shape index (κ1) is 14.8. The lowest BCUT2D eigenvalue weighted by atomic mass is 9.99. The van der Waals surface area contributed by atoms with E-state index in [0.29, 0.717) is 12.1 Å². The van der Waals surface area contributed by atoms with E-state index in [2.05, 4.69) is 10.4 Å². The van der Waals surface area contributed by atoms with Crippen LogP contribution in [0.15, 0.2) is 0 Å². The van der Waals surface area contributed by atoms with Crippen LogP contribution >= 0.6 is 11.6 Å². The molecule has 0 bridgehead atoms. The number of nitrogens with one attached hydrogen (secondary N) is 1. The van der Waals surface area contributed by atoms with Crippen molar-refractivity contribution < 1.29 is 4.74 Å². The van der Waals surface area contributed by atoms with Gasteiger partial charge in [0, 0.05) is 26.1 Å². The highest BCUT2D eigenvalue weighted by molar-refractivity contribution is 6.31. The van der Waals surface area contributed by atoms with Gasteiger partial charge in [-0.25, -0.2) is 0 Å². The summed E-state index contributed by atoms with van der Waals surface area (Å²) in [5, 5.41) is 8.55. The maximum atomic E-state index is 6.32. The molecular formula is C14H24ClN3O. The van der Waals surface area contributed by atoms with Crippen molar-refractivity contribution in [1.29, 1.82) is 0 Å². The molecule has 1 fully saturated rings. The molecule has 1 aromatic heterocycles. The Morgan fingerprint density at radius 1 is 1.53 bits per heavy atom. The number of hydrogen-bond donors (Lipinski definition) is 1. The second kappa shape index (κ2) is 6.73. The lowest BCUT2D eigenvalue weighted by Crippen LogP contribution is -2.34. The molecule has 1 aromatic rings. The average Bonchev–Trinajstić information content (AvgIpc) is 2.65. The Hall–Kier alpha value is -0.580. The SMILES string of the molecule is CNC(Cc1c(Cl)c(C)nn1C)CC1CCCCO1. The number of nitrogens with zero attached hydrogens (tertiary/aromatic N) is 2. The fourth-order valence-electron chi connectivity index (χ4n) is 2.75. The largest absolute Gasteiger partial charge is 0.378 e. The molecule has 108 valence electrons. The molecule has 4 nitrogen and oxygen atoms in total. The Kier molecular flexibility index (Phi) is 5.25. The number of aromatic nitrogens is 2. The molecule has 0 amide bonds. The van der Waals surface area contributed by atoms with Crippen LogP contribution in [-0.2, 0) is 18.2 Å². The molecule has 5 heteroatoms. The Morgan fingerprint density at radius 3 is 2.84 bits per heavy atom. The lowest BCUT2D eigenvalue weighted by molar-refractivity contribution is 0.00559. The zero-order chi connectivity index (χ0) is 13.8. The monoisotopic (exact) mass is 285 g/mol. The van der Waals surface area contributed by atoms with Crippen molar-refractivity contribution in [3.63, 3.8) is 0 Å². The molecule has 2 heterocycles. The molecule has 0 aliphatic carbocycles. The molecule has 1 aliphatic heterocycles. The van der Waals surface area contributed by atoms with Crippen LogP contribution in [-0.4, -0.2) is 35.6 Å². The van der Waals surface area contributed by atoms with E-state index in [4.69, 9.17) is 16.3 Å². The van der Waals surface area contributed by atoms with Gasteiger partial charge in [0.25, 0.3) is 0 Å². The van der Waals surface area contributed by atoms with E-state index in [1.165, 1.54) is 19.3 Å². The quantitative estimate of drug-likeness (QED) is 0.903. The van der Waals surface area contributed by atoms with Crippen molar-refractivity contribution in [1.82, 2.24) is 15.1 Å². The van der Waals surface area contributed by atoms with Crippen LogP contribution in [0.4, 0.5) is 0 Å². The molecule has 0 aromatic carbocycles. The van der Waals surface area contributed by atoms with E-state index in [1.54, 1.807) is 0 Å². The van der Waals surface area contributed by atoms with Crippen LogP contribution < -0.4 is 5.32 Å². The minimum atomic E-state index is 0.385. The first-order valence-electron chi connectivity index (χ1n) is 7.08. The van der Waals surface area contributed by atoms with Crippen molar-refractivity contribution in [3.8, 4) is 0 Å². The maximum absolute atomic E-state index is 6.32. The predicted molar refractivity (Wildman–Crippen MR) is 77.7 cm³/mol. The number of ether oxygens (including phenoxy) is 1. The Labute approximate surface area is 120 Å². The standard InChI is InChI=1S/C14H24ClN3O/c1-10-14(15)13(18(3)17-10)9-11(16-2)8-12-6-4-5-7-19-12/h11-12,16H,4-9H2,1-3H3. The predicted octanol–water partition coefficient (Wildman–Crippen LogP) is 2.47. The van der Waals surface area contributed by atoms with Gasteiger partial charge in [-0.05, 0) is 39.7 Å². The molecule has 0 radical (unpaired) electrons. The van der Waals surface area contributed by atoms with E-state index in [-0.39, 0.29) is 0 Å². The average molecular weight is 286 g/mol. The Bertz CT molecular complexity index is 413. The van der Waals surface area contributed by atoms with Gasteiger partial charge in [-0.15, -0.1) is 0 Å². The van der Waals surface area contributed by atoms with Gasteiger partial charge >= 0.3 is 0 Å². The highest BCUT2D eigenvalue weighted by Gasteiger charge is 2.21. The van der Waals surface area contributed by atoms with E-state index in [0.717, 1.165) is 35.9 Å². The van der Waals surface area contributed by atoms with Gasteiger partial charge in [0.2, 0.25) is 0 Å². The number of hydrogen-bond acceptors (Lipinski definition) is 3. The summed E-state index contributed by atoms with van der Waals surface area (Å²) in [6.07, 6.45) is 5.99. The van der Waals surface area contributed by atoms with Crippen molar-refractivity contribution in [2.45, 2.75) is 51.2 Å². The zero-order valence-electron chi connectivity index (χ0n) is 12.1. The maximum Gasteiger partial charge on any atom is 0.0847 e. The summed E-state index contributed by atoms with van der Waals surface area (Å²) in [6, 6.07) is 0.385. The molecule has 0 spiro atoms. The second-order valence-electron chi connectivity index (χ2n) is 5.38. The molecule has 2 atom stereocenters. The summed E-state index contributed by atoms with van der Waals surface area (Å²) >= 11 is 6.32. The van der Waals surface area contributed by atoms with Crippen molar-refractivity contribution in [2.24, 2.45) is 7.05 Å². The molecular weight excluding hydrogens is 262 g/mol. The number of aryl methyl sites for hydroxylation is 2. The third kappa shape index (κ3) is 3.71. The number of halogens is 1. The Balaban J connectivity index is 1.98. The van der Waals surface area contributed by atoms with E-state index in [1.807, 2.05) is 25.7 Å². The van der Waals surface area contributed by atoms with Crippen LogP contribution in [0.25, 0.3) is 0 Å². The van der Waals surface area contributed by atoms with Gasteiger partial charge < -0.3 is 10.1 Å². The van der Waals surface area contributed by atoms with E-state index in [9.17, 15) is 0 Å². The summed E-state index contributed by atoms with van der Waals surface area (Å²) in [5.74, 6) is 0. The molecule has 2 unspecified atom stereocenters. The molecule has 19 heavy (non-hydrogen) atoms. The van der Waals surface area contributed by atoms with Crippen LogP contribution in [0.3, 0.4) is 0 Å². The van der Waals surface area contributed by atoms with Gasteiger partial charge in [-0.3, -0.25) is 4.68 Å². The second-order valence-corrected chi connectivity index (χ2v) is 5.76. The van der Waals surface area contributed by atoms with Gasteiger partial charge in [-0.1, -0.05) is 11.6 Å². The van der Waals surface area contributed by atoms with Crippen molar-refractivity contribution in [2.75, 3.05) is 13.7 Å². The summed E-state index contributed by atoms with van der Waals surface area (Å²) in [6.45, 7) is 2.86. The Morgan fingerprint density at radius 2 is 2.32 bits per heavy atom. The fourth-order valence-corrected chi connectivity index (χ4v) is 2.99. The first-order valence-corrected chi connectivity index (χ1v) is 7.46. The topological polar surface area (TPSA) is 39.1 Å². The van der Waals surface area contributed by atoms with Gasteiger partial charge in [-0.2, -0.15) is 5.10 Å². The molecule has 1 N–H and O–H groups in total. The fraction of sp³-hybridized carbons (Fsp3) is 0.786. The zero-order valence-corrected chi connectivity index (χ0v) is 12.8. The van der Waals surface area contributed by atoms with Crippen LogP contribution in [0.5, 0.6) is 0 Å². The first-order chi connectivity index (χ1) is 9.11. The summed E-state index contributed by atoms with van der Waals surface area (Å²) < 4.78 is 7.71. The normalized spacial score (nSPS) is 21.6. The third-order valence-corrected chi connectivity index (χ3v) is 4.42. The van der Waals surface area contributed by atoms with Crippen LogP contribution in [0, 0.1) is 6.92 Å². The summed E-state index contributed by atoms with van der Waals surface area (Å²) in [5.41, 5.74) is 2.01. The van der Waals surface area contributed by atoms with E-state index < -0.39 is 0 Å².